The van der Waals surface area contributed by atoms with E-state index in [1.54, 1.807) is 7.11 Å². The number of aromatic nitrogens is 2. The zero-order valence-electron chi connectivity index (χ0n) is 20.5. The van der Waals surface area contributed by atoms with Crippen molar-refractivity contribution < 1.29 is 14.6 Å². The van der Waals surface area contributed by atoms with E-state index < -0.39 is 6.10 Å². The van der Waals surface area contributed by atoms with Crippen molar-refractivity contribution in [2.75, 3.05) is 20.2 Å². The molecule has 2 heterocycles. The van der Waals surface area contributed by atoms with E-state index >= 15 is 0 Å². The van der Waals surface area contributed by atoms with Crippen LogP contribution in [0.3, 0.4) is 0 Å². The highest BCUT2D eigenvalue weighted by Crippen LogP contribution is 2.32. The molecule has 1 aliphatic rings. The van der Waals surface area contributed by atoms with Gasteiger partial charge in [-0.25, -0.2) is 0 Å². The van der Waals surface area contributed by atoms with E-state index in [0.717, 1.165) is 35.3 Å². The Labute approximate surface area is 211 Å². The smallest absolute Gasteiger partial charge is 0.257 e. The van der Waals surface area contributed by atoms with Gasteiger partial charge in [0.25, 0.3) is 5.91 Å². The fourth-order valence-corrected chi connectivity index (χ4v) is 4.92. The van der Waals surface area contributed by atoms with Gasteiger partial charge in [-0.1, -0.05) is 72.8 Å². The molecule has 1 unspecified atom stereocenters. The third-order valence-corrected chi connectivity index (χ3v) is 6.94. The Morgan fingerprint density at radius 2 is 1.69 bits per heavy atom. The van der Waals surface area contributed by atoms with Gasteiger partial charge in [0.15, 0.2) is 0 Å². The number of aliphatic hydroxyl groups excluding tert-OH is 1. The van der Waals surface area contributed by atoms with E-state index in [-0.39, 0.29) is 11.8 Å². The first-order valence-corrected chi connectivity index (χ1v) is 12.4. The summed E-state index contributed by atoms with van der Waals surface area (Å²) < 4.78 is 7.25. The summed E-state index contributed by atoms with van der Waals surface area (Å²) in [6, 6.07) is 27.5. The maximum Gasteiger partial charge on any atom is 0.257 e. The van der Waals surface area contributed by atoms with Crippen LogP contribution in [0.4, 0.5) is 0 Å². The first kappa shape index (κ1) is 23.8. The zero-order valence-corrected chi connectivity index (χ0v) is 20.5. The summed E-state index contributed by atoms with van der Waals surface area (Å²) >= 11 is 0. The standard InChI is InChI=1S/C30H31N3O3/c1-36-26-14-8-13-25(19-26)28-27(21-33(31-28)20-22-9-4-2-5-10-22)30(35)32-17-15-24(16-18-32)29(34)23-11-6-3-7-12-23/h2-14,19,21,24,29,34H,15-18,20H2,1H3. The third kappa shape index (κ3) is 5.19. The molecule has 36 heavy (non-hydrogen) atoms. The van der Waals surface area contributed by atoms with Crippen LogP contribution >= 0.6 is 0 Å². The average molecular weight is 482 g/mol. The van der Waals surface area contributed by atoms with Crippen molar-refractivity contribution in [2.24, 2.45) is 5.92 Å². The molecule has 6 heteroatoms. The van der Waals surface area contributed by atoms with E-state index in [1.807, 2.05) is 88.6 Å². The second-order valence-corrected chi connectivity index (χ2v) is 9.29. The van der Waals surface area contributed by atoms with Crippen molar-refractivity contribution in [3.05, 3.63) is 108 Å². The molecule has 1 saturated heterocycles. The van der Waals surface area contributed by atoms with Crippen LogP contribution in [-0.4, -0.2) is 45.9 Å². The fraction of sp³-hybridized carbons (Fsp3) is 0.267. The summed E-state index contributed by atoms with van der Waals surface area (Å²) in [6.07, 6.45) is 2.86. The van der Waals surface area contributed by atoms with Crippen LogP contribution in [0.1, 0.15) is 40.4 Å². The van der Waals surface area contributed by atoms with Crippen molar-refractivity contribution in [3.63, 3.8) is 0 Å². The van der Waals surface area contributed by atoms with Gasteiger partial charge in [0.2, 0.25) is 0 Å². The topological polar surface area (TPSA) is 67.6 Å². The minimum absolute atomic E-state index is 0.0280. The number of amides is 1. The molecule has 1 aliphatic heterocycles. The van der Waals surface area contributed by atoms with Crippen LogP contribution in [-0.2, 0) is 6.54 Å². The van der Waals surface area contributed by atoms with Gasteiger partial charge in [-0.2, -0.15) is 5.10 Å². The third-order valence-electron chi connectivity index (χ3n) is 6.94. The summed E-state index contributed by atoms with van der Waals surface area (Å²) in [4.78, 5) is 15.6. The van der Waals surface area contributed by atoms with Gasteiger partial charge >= 0.3 is 0 Å². The van der Waals surface area contributed by atoms with Crippen molar-refractivity contribution in [1.29, 1.82) is 0 Å². The number of aliphatic hydroxyl groups is 1. The number of rotatable bonds is 7. The maximum atomic E-state index is 13.7. The summed E-state index contributed by atoms with van der Waals surface area (Å²) in [6.45, 7) is 1.79. The summed E-state index contributed by atoms with van der Waals surface area (Å²) in [5.41, 5.74) is 4.14. The Morgan fingerprint density at radius 3 is 2.39 bits per heavy atom. The molecule has 1 fully saturated rings. The molecule has 0 radical (unpaired) electrons. The van der Waals surface area contributed by atoms with Crippen LogP contribution < -0.4 is 4.74 Å². The number of hydrogen-bond acceptors (Lipinski definition) is 4. The first-order chi connectivity index (χ1) is 17.6. The molecule has 1 N–H and O–H groups in total. The molecule has 6 nitrogen and oxygen atoms in total. The van der Waals surface area contributed by atoms with Crippen molar-refractivity contribution >= 4 is 5.91 Å². The van der Waals surface area contributed by atoms with Crippen LogP contribution in [0.2, 0.25) is 0 Å². The first-order valence-electron chi connectivity index (χ1n) is 12.4. The summed E-state index contributed by atoms with van der Waals surface area (Å²) in [7, 11) is 1.63. The van der Waals surface area contributed by atoms with E-state index in [0.29, 0.717) is 30.9 Å². The van der Waals surface area contributed by atoms with Gasteiger partial charge in [-0.15, -0.1) is 0 Å². The highest BCUT2D eigenvalue weighted by Gasteiger charge is 2.30. The number of methoxy groups -OCH3 is 1. The van der Waals surface area contributed by atoms with E-state index in [2.05, 4.69) is 12.1 Å². The molecule has 3 aromatic carbocycles. The van der Waals surface area contributed by atoms with Crippen LogP contribution in [0.25, 0.3) is 11.3 Å². The number of nitrogens with zero attached hydrogens (tertiary/aromatic N) is 3. The number of carbonyl (C=O) groups excluding carboxylic acids is 1. The Kier molecular flexibility index (Phi) is 7.14. The fourth-order valence-electron chi connectivity index (χ4n) is 4.92. The normalized spacial score (nSPS) is 15.0. The quantitative estimate of drug-likeness (QED) is 0.394. The summed E-state index contributed by atoms with van der Waals surface area (Å²) in [5.74, 6) is 0.828. The van der Waals surface area contributed by atoms with Gasteiger partial charge in [0.1, 0.15) is 11.4 Å². The molecule has 1 amide bonds. The van der Waals surface area contributed by atoms with Crippen LogP contribution in [0.5, 0.6) is 5.75 Å². The molecule has 5 rings (SSSR count). The Bertz CT molecular complexity index is 1300. The zero-order chi connectivity index (χ0) is 24.9. The molecule has 0 aliphatic carbocycles. The van der Waals surface area contributed by atoms with Gasteiger partial charge in [0.05, 0.1) is 25.3 Å². The number of ether oxygens (including phenoxy) is 1. The van der Waals surface area contributed by atoms with Crippen molar-refractivity contribution in [2.45, 2.75) is 25.5 Å². The van der Waals surface area contributed by atoms with Crippen molar-refractivity contribution in [1.82, 2.24) is 14.7 Å². The predicted octanol–water partition coefficient (Wildman–Crippen LogP) is 5.19. The molecule has 0 bridgehead atoms. The molecule has 184 valence electrons. The van der Waals surface area contributed by atoms with Crippen LogP contribution in [0, 0.1) is 5.92 Å². The molecular weight excluding hydrogens is 450 g/mol. The minimum atomic E-state index is -0.510. The van der Waals surface area contributed by atoms with Gasteiger partial charge in [0, 0.05) is 24.8 Å². The predicted molar refractivity (Wildman–Crippen MR) is 140 cm³/mol. The molecule has 0 spiro atoms. The van der Waals surface area contributed by atoms with Gasteiger partial charge in [-0.05, 0) is 42.0 Å². The lowest BCUT2D eigenvalue weighted by Gasteiger charge is -2.34. The lowest BCUT2D eigenvalue weighted by molar-refractivity contribution is 0.0463. The largest absolute Gasteiger partial charge is 0.497 e. The molecular formula is C30H31N3O3. The SMILES string of the molecule is COc1cccc(-c2nn(Cc3ccccc3)cc2C(=O)N2CCC(C(O)c3ccccc3)CC2)c1. The molecule has 1 aromatic heterocycles. The van der Waals surface area contributed by atoms with E-state index in [9.17, 15) is 9.90 Å². The minimum Gasteiger partial charge on any atom is -0.497 e. The average Bonchev–Trinajstić information content (AvgIpc) is 3.37. The second kappa shape index (κ2) is 10.8. The monoisotopic (exact) mass is 481 g/mol. The number of likely N-dealkylation sites (tertiary alicyclic amines) is 1. The van der Waals surface area contributed by atoms with Gasteiger partial charge in [-0.3, -0.25) is 9.48 Å². The highest BCUT2D eigenvalue weighted by molar-refractivity contribution is 6.00. The van der Waals surface area contributed by atoms with E-state index in [1.165, 1.54) is 0 Å². The lowest BCUT2D eigenvalue weighted by Crippen LogP contribution is -2.39. The molecule has 0 saturated carbocycles. The Balaban J connectivity index is 1.37. The number of hydrogen-bond donors (Lipinski definition) is 1. The van der Waals surface area contributed by atoms with E-state index in [4.69, 9.17) is 9.84 Å². The molecule has 4 aromatic rings. The second-order valence-electron chi connectivity index (χ2n) is 9.29. The Morgan fingerprint density at radius 1 is 1.00 bits per heavy atom. The summed E-state index contributed by atoms with van der Waals surface area (Å²) in [5, 5.41) is 15.7. The Hall–Kier alpha value is -3.90. The van der Waals surface area contributed by atoms with Crippen molar-refractivity contribution in [3.8, 4) is 17.0 Å². The maximum absolute atomic E-state index is 13.7. The number of piperidine rings is 1. The number of benzene rings is 3. The van der Waals surface area contributed by atoms with Crippen LogP contribution in [0.15, 0.2) is 91.1 Å². The molecule has 1 atom stereocenters. The highest BCUT2D eigenvalue weighted by atomic mass is 16.5. The number of carbonyl (C=O) groups is 1. The lowest BCUT2D eigenvalue weighted by atomic mass is 9.87. The van der Waals surface area contributed by atoms with Gasteiger partial charge < -0.3 is 14.7 Å².